The molecule has 4 aromatic rings. The zero-order valence-electron chi connectivity index (χ0n) is 15.8. The highest BCUT2D eigenvalue weighted by atomic mass is 32.1. The lowest BCUT2D eigenvalue weighted by atomic mass is 9.93. The van der Waals surface area contributed by atoms with Crippen molar-refractivity contribution in [3.05, 3.63) is 71.1 Å². The maximum Gasteiger partial charge on any atom is 0.213 e. The predicted octanol–water partition coefficient (Wildman–Crippen LogP) is 4.75. The number of thiazole rings is 1. The summed E-state index contributed by atoms with van der Waals surface area (Å²) in [5, 5.41) is 16.1. The van der Waals surface area contributed by atoms with Gasteiger partial charge in [-0.15, -0.1) is 21.5 Å². The molecule has 0 atom stereocenters. The Morgan fingerprint density at radius 3 is 2.39 bits per heavy atom. The molecule has 7 heteroatoms. The Morgan fingerprint density at radius 1 is 1.00 bits per heavy atom. The molecular weight excluding hydrogens is 370 g/mol. The Labute approximate surface area is 166 Å². The number of rotatable bonds is 4. The quantitative estimate of drug-likeness (QED) is 0.507. The van der Waals surface area contributed by atoms with Crippen LogP contribution in [-0.2, 0) is 5.41 Å². The van der Waals surface area contributed by atoms with E-state index < -0.39 is 0 Å². The Kier molecular flexibility index (Phi) is 4.60. The fraction of sp³-hybridized carbons (Fsp3) is 0.190. The van der Waals surface area contributed by atoms with Crippen LogP contribution < -0.4 is 5.32 Å². The van der Waals surface area contributed by atoms with Gasteiger partial charge in [-0.05, 0) is 12.1 Å². The number of carbonyl (C=O) groups is 1. The van der Waals surface area contributed by atoms with Crippen LogP contribution in [0.2, 0.25) is 0 Å². The fourth-order valence-corrected chi connectivity index (χ4v) is 3.72. The van der Waals surface area contributed by atoms with Crippen LogP contribution in [0, 0.1) is 0 Å². The molecule has 140 valence electrons. The van der Waals surface area contributed by atoms with Gasteiger partial charge in [-0.2, -0.15) is 0 Å². The van der Waals surface area contributed by atoms with Gasteiger partial charge in [-0.3, -0.25) is 9.78 Å². The molecule has 3 aromatic heterocycles. The molecule has 6 nitrogen and oxygen atoms in total. The van der Waals surface area contributed by atoms with Gasteiger partial charge < -0.3 is 5.32 Å². The standard InChI is InChI=1S/C21H19N5OS/c1-21(2,3)16-12-28-20(23-16)24-19-15-7-5-4-6-14(15)17(25-26-19)18(27)13-8-10-22-11-9-13/h4-12H,1-3H3,(H,23,24,26). The third-order valence-electron chi connectivity index (χ3n) is 4.34. The number of benzene rings is 1. The molecular formula is C21H19N5OS. The second kappa shape index (κ2) is 7.09. The maximum atomic E-state index is 12.9. The van der Waals surface area contributed by atoms with Crippen LogP contribution in [0.1, 0.15) is 42.5 Å². The first-order valence-corrected chi connectivity index (χ1v) is 9.74. The number of hydrogen-bond donors (Lipinski definition) is 1. The Morgan fingerprint density at radius 2 is 1.71 bits per heavy atom. The summed E-state index contributed by atoms with van der Waals surface area (Å²) in [6, 6.07) is 11.0. The van der Waals surface area contributed by atoms with E-state index in [1.807, 2.05) is 29.6 Å². The van der Waals surface area contributed by atoms with Crippen LogP contribution in [0.5, 0.6) is 0 Å². The van der Waals surface area contributed by atoms with Crippen LogP contribution in [-0.4, -0.2) is 25.9 Å². The number of carbonyl (C=O) groups excluding carboxylic acids is 1. The molecule has 0 radical (unpaired) electrons. The number of fused-ring (bicyclic) bond motifs is 1. The first-order chi connectivity index (χ1) is 13.4. The largest absolute Gasteiger partial charge is 0.314 e. The van der Waals surface area contributed by atoms with E-state index in [1.165, 1.54) is 11.3 Å². The average Bonchev–Trinajstić information content (AvgIpc) is 3.18. The number of hydrogen-bond acceptors (Lipinski definition) is 7. The molecule has 28 heavy (non-hydrogen) atoms. The van der Waals surface area contributed by atoms with Crippen LogP contribution in [0.15, 0.2) is 54.2 Å². The molecule has 0 fully saturated rings. The van der Waals surface area contributed by atoms with Crippen molar-refractivity contribution < 1.29 is 4.79 Å². The number of aromatic nitrogens is 4. The van der Waals surface area contributed by atoms with Gasteiger partial charge in [0.25, 0.3) is 0 Å². The van der Waals surface area contributed by atoms with E-state index in [4.69, 9.17) is 0 Å². The lowest BCUT2D eigenvalue weighted by molar-refractivity contribution is 0.103. The van der Waals surface area contributed by atoms with Gasteiger partial charge >= 0.3 is 0 Å². The molecule has 0 spiro atoms. The Bertz CT molecular complexity index is 1150. The average molecular weight is 389 g/mol. The highest BCUT2D eigenvalue weighted by Crippen LogP contribution is 2.30. The zero-order valence-corrected chi connectivity index (χ0v) is 16.6. The minimum Gasteiger partial charge on any atom is -0.314 e. The normalized spacial score (nSPS) is 11.5. The molecule has 0 bridgehead atoms. The van der Waals surface area contributed by atoms with E-state index in [0.29, 0.717) is 17.1 Å². The Hall–Kier alpha value is -3.19. The molecule has 0 saturated heterocycles. The van der Waals surface area contributed by atoms with Crippen LogP contribution in [0.25, 0.3) is 10.8 Å². The van der Waals surface area contributed by atoms with E-state index >= 15 is 0 Å². The molecule has 1 N–H and O–H groups in total. The minimum atomic E-state index is -0.179. The van der Waals surface area contributed by atoms with E-state index in [0.717, 1.165) is 21.6 Å². The smallest absolute Gasteiger partial charge is 0.213 e. The van der Waals surface area contributed by atoms with Crippen molar-refractivity contribution in [3.8, 4) is 0 Å². The monoisotopic (exact) mass is 389 g/mol. The topological polar surface area (TPSA) is 80.7 Å². The van der Waals surface area contributed by atoms with Crippen LogP contribution >= 0.6 is 11.3 Å². The highest BCUT2D eigenvalue weighted by molar-refractivity contribution is 7.13. The Balaban J connectivity index is 1.74. The van der Waals surface area contributed by atoms with Gasteiger partial charge in [0.1, 0.15) is 5.69 Å². The molecule has 0 amide bonds. The molecule has 0 saturated carbocycles. The third-order valence-corrected chi connectivity index (χ3v) is 5.10. The summed E-state index contributed by atoms with van der Waals surface area (Å²) in [5.41, 5.74) is 1.85. The SMILES string of the molecule is CC(C)(C)c1csc(Nc2nnc(C(=O)c3ccncc3)c3ccccc23)n1. The number of pyridine rings is 1. The summed E-state index contributed by atoms with van der Waals surface area (Å²) >= 11 is 1.52. The van der Waals surface area contributed by atoms with E-state index in [2.05, 4.69) is 46.3 Å². The molecule has 4 rings (SSSR count). The van der Waals surface area contributed by atoms with Crippen molar-refractivity contribution in [2.24, 2.45) is 0 Å². The van der Waals surface area contributed by atoms with Gasteiger partial charge in [0.15, 0.2) is 10.9 Å². The number of nitrogens with one attached hydrogen (secondary N) is 1. The van der Waals surface area contributed by atoms with E-state index in [1.54, 1.807) is 24.5 Å². The summed E-state index contributed by atoms with van der Waals surface area (Å²) in [6.45, 7) is 6.38. The number of anilines is 2. The second-order valence-corrected chi connectivity index (χ2v) is 8.28. The highest BCUT2D eigenvalue weighted by Gasteiger charge is 2.20. The van der Waals surface area contributed by atoms with Gasteiger partial charge in [-0.1, -0.05) is 45.0 Å². The summed E-state index contributed by atoms with van der Waals surface area (Å²) in [7, 11) is 0. The van der Waals surface area contributed by atoms with Crippen molar-refractivity contribution in [3.63, 3.8) is 0 Å². The summed E-state index contributed by atoms with van der Waals surface area (Å²) in [4.78, 5) is 21.5. The lowest BCUT2D eigenvalue weighted by Crippen LogP contribution is -2.11. The van der Waals surface area contributed by atoms with Gasteiger partial charge in [0, 0.05) is 39.5 Å². The maximum absolute atomic E-state index is 12.9. The van der Waals surface area contributed by atoms with Crippen molar-refractivity contribution in [1.82, 2.24) is 20.2 Å². The fourth-order valence-electron chi connectivity index (χ4n) is 2.78. The first kappa shape index (κ1) is 18.2. The predicted molar refractivity (Wildman–Crippen MR) is 111 cm³/mol. The molecule has 1 aromatic carbocycles. The van der Waals surface area contributed by atoms with Gasteiger partial charge in [0.05, 0.1) is 5.69 Å². The molecule has 0 aliphatic rings. The van der Waals surface area contributed by atoms with Crippen molar-refractivity contribution in [2.75, 3.05) is 5.32 Å². The summed E-state index contributed by atoms with van der Waals surface area (Å²) in [6.07, 6.45) is 3.18. The molecule has 0 unspecified atom stereocenters. The molecule has 0 aliphatic carbocycles. The van der Waals surface area contributed by atoms with Gasteiger partial charge in [0.2, 0.25) is 5.78 Å². The lowest BCUT2D eigenvalue weighted by Gasteiger charge is -2.14. The second-order valence-electron chi connectivity index (χ2n) is 7.42. The van der Waals surface area contributed by atoms with Crippen LogP contribution in [0.4, 0.5) is 10.9 Å². The van der Waals surface area contributed by atoms with Crippen molar-refractivity contribution in [1.29, 1.82) is 0 Å². The summed E-state index contributed by atoms with van der Waals surface area (Å²) in [5.74, 6) is 0.401. The summed E-state index contributed by atoms with van der Waals surface area (Å²) < 4.78 is 0. The van der Waals surface area contributed by atoms with E-state index in [-0.39, 0.29) is 11.2 Å². The third kappa shape index (κ3) is 3.48. The first-order valence-electron chi connectivity index (χ1n) is 8.86. The van der Waals surface area contributed by atoms with E-state index in [9.17, 15) is 4.79 Å². The molecule has 3 heterocycles. The van der Waals surface area contributed by atoms with Crippen molar-refractivity contribution in [2.45, 2.75) is 26.2 Å². The minimum absolute atomic E-state index is 0.0228. The van der Waals surface area contributed by atoms with Crippen molar-refractivity contribution >= 4 is 38.8 Å². The van der Waals surface area contributed by atoms with Crippen LogP contribution in [0.3, 0.4) is 0 Å². The molecule has 0 aliphatic heterocycles. The zero-order chi connectivity index (χ0) is 19.7. The number of nitrogens with zero attached hydrogens (tertiary/aromatic N) is 4. The number of ketones is 1. The van der Waals surface area contributed by atoms with Gasteiger partial charge in [-0.25, -0.2) is 4.98 Å².